The molecule has 4 aliphatic carbocycles. The Morgan fingerprint density at radius 1 is 0.944 bits per heavy atom. The summed E-state index contributed by atoms with van der Waals surface area (Å²) in [5, 5.41) is 0. The van der Waals surface area contributed by atoms with Gasteiger partial charge in [-0.05, 0) is 116 Å². The number of fused-ring (bicyclic) bond motifs is 5. The molecule has 0 aromatic heterocycles. The molecule has 3 fully saturated rings. The molecule has 0 N–H and O–H groups in total. The molecule has 0 unspecified atom stereocenters. The van der Waals surface area contributed by atoms with Gasteiger partial charge in [0.25, 0.3) is 0 Å². The fourth-order valence-corrected chi connectivity index (χ4v) is 9.59. The normalized spacial score (nSPS) is 38.5. The average molecular weight is 491 g/mol. The number of hydrogen-bond donors (Lipinski definition) is 0. The first-order valence-electron chi connectivity index (χ1n) is 15.2. The molecule has 1 aromatic rings. The molecule has 4 aliphatic rings. The number of carbonyl (C=O) groups excluding carboxylic acids is 1. The highest BCUT2D eigenvalue weighted by Gasteiger charge is 2.59. The highest BCUT2D eigenvalue weighted by molar-refractivity contribution is 5.89. The minimum absolute atomic E-state index is 0.0614. The molecule has 0 radical (unpaired) electrons. The van der Waals surface area contributed by atoms with Crippen molar-refractivity contribution in [3.8, 4) is 0 Å². The topological polar surface area (TPSA) is 26.3 Å². The number of allylic oxidation sites excluding steroid dienone is 1. The predicted octanol–water partition coefficient (Wildman–Crippen LogP) is 9.25. The van der Waals surface area contributed by atoms with Crippen molar-refractivity contribution in [2.24, 2.45) is 46.3 Å². The Balaban J connectivity index is 1.26. The van der Waals surface area contributed by atoms with E-state index in [4.69, 9.17) is 4.74 Å². The van der Waals surface area contributed by atoms with E-state index in [1.807, 2.05) is 30.3 Å². The van der Waals surface area contributed by atoms with Crippen LogP contribution in [0.5, 0.6) is 0 Å². The van der Waals surface area contributed by atoms with Crippen molar-refractivity contribution in [3.63, 3.8) is 0 Å². The number of benzene rings is 1. The zero-order valence-electron chi connectivity index (χ0n) is 23.6. The molecule has 5 rings (SSSR count). The van der Waals surface area contributed by atoms with Crippen molar-refractivity contribution >= 4 is 5.97 Å². The Kier molecular flexibility index (Phi) is 7.45. The summed E-state index contributed by atoms with van der Waals surface area (Å²) < 4.78 is 5.96. The van der Waals surface area contributed by atoms with Gasteiger partial charge in [-0.15, -0.1) is 0 Å². The lowest BCUT2D eigenvalue weighted by Gasteiger charge is -2.59. The van der Waals surface area contributed by atoms with Crippen LogP contribution >= 0.6 is 0 Å². The fraction of sp³-hybridized carbons (Fsp3) is 0.735. The van der Waals surface area contributed by atoms with E-state index >= 15 is 0 Å². The zero-order chi connectivity index (χ0) is 25.5. The maximum atomic E-state index is 12.7. The minimum atomic E-state index is -0.178. The number of carbonyl (C=O) groups is 1. The van der Waals surface area contributed by atoms with Crippen LogP contribution in [-0.4, -0.2) is 12.1 Å². The standard InChI is InChI=1S/C34H50O2/c1-23(2)10-9-11-24(3)29-16-17-30-28-15-14-26-22-27(36-32(35)25-12-7-6-8-13-25)18-20-33(26,4)31(28)19-21-34(29,30)5/h6-8,12-13,22-24,27-31H,9-11,14-21H2,1-5H3/t24-,27-,28+,29-,30+,31+,33-,34+/m0/s1. The molecule has 0 spiro atoms. The maximum absolute atomic E-state index is 12.7. The summed E-state index contributed by atoms with van der Waals surface area (Å²) in [5.41, 5.74) is 3.12. The number of esters is 1. The van der Waals surface area contributed by atoms with Gasteiger partial charge in [-0.25, -0.2) is 4.79 Å². The van der Waals surface area contributed by atoms with Gasteiger partial charge in [0, 0.05) is 0 Å². The second-order valence-corrected chi connectivity index (χ2v) is 13.9. The van der Waals surface area contributed by atoms with Gasteiger partial charge in [0.05, 0.1) is 5.56 Å². The first-order valence-corrected chi connectivity index (χ1v) is 15.2. The van der Waals surface area contributed by atoms with Gasteiger partial charge < -0.3 is 4.74 Å². The first-order chi connectivity index (χ1) is 17.2. The smallest absolute Gasteiger partial charge is 0.338 e. The van der Waals surface area contributed by atoms with Crippen molar-refractivity contribution in [2.75, 3.05) is 0 Å². The summed E-state index contributed by atoms with van der Waals surface area (Å²) in [5.74, 6) is 5.08. The Morgan fingerprint density at radius 2 is 1.72 bits per heavy atom. The van der Waals surface area contributed by atoms with Crippen molar-refractivity contribution < 1.29 is 9.53 Å². The largest absolute Gasteiger partial charge is 0.455 e. The van der Waals surface area contributed by atoms with Gasteiger partial charge in [-0.2, -0.15) is 0 Å². The highest BCUT2D eigenvalue weighted by Crippen LogP contribution is 2.67. The van der Waals surface area contributed by atoms with Crippen molar-refractivity contribution in [3.05, 3.63) is 47.5 Å². The lowest BCUT2D eigenvalue weighted by molar-refractivity contribution is -0.0635. The predicted molar refractivity (Wildman–Crippen MR) is 149 cm³/mol. The van der Waals surface area contributed by atoms with Gasteiger partial charge in [-0.1, -0.05) is 77.7 Å². The van der Waals surface area contributed by atoms with Crippen LogP contribution in [0.4, 0.5) is 0 Å². The Labute approximate surface area is 220 Å². The quantitative estimate of drug-likeness (QED) is 0.281. The second kappa shape index (κ2) is 10.3. The van der Waals surface area contributed by atoms with Gasteiger partial charge in [0.1, 0.15) is 6.10 Å². The van der Waals surface area contributed by atoms with Gasteiger partial charge >= 0.3 is 5.97 Å². The van der Waals surface area contributed by atoms with Crippen LogP contribution in [0.1, 0.15) is 116 Å². The van der Waals surface area contributed by atoms with Gasteiger partial charge in [0.15, 0.2) is 0 Å². The first kappa shape index (κ1) is 26.1. The van der Waals surface area contributed by atoms with Crippen LogP contribution < -0.4 is 0 Å². The van der Waals surface area contributed by atoms with Gasteiger partial charge in [-0.3, -0.25) is 0 Å². The van der Waals surface area contributed by atoms with Crippen LogP contribution in [0, 0.1) is 46.3 Å². The summed E-state index contributed by atoms with van der Waals surface area (Å²) in [7, 11) is 0. The lowest BCUT2D eigenvalue weighted by atomic mass is 9.46. The van der Waals surface area contributed by atoms with Gasteiger partial charge in [0.2, 0.25) is 0 Å². The van der Waals surface area contributed by atoms with Crippen molar-refractivity contribution in [1.82, 2.24) is 0 Å². The summed E-state index contributed by atoms with van der Waals surface area (Å²) in [6, 6.07) is 9.47. The molecule has 0 saturated heterocycles. The van der Waals surface area contributed by atoms with Crippen LogP contribution in [0.2, 0.25) is 0 Å². The zero-order valence-corrected chi connectivity index (χ0v) is 23.6. The minimum Gasteiger partial charge on any atom is -0.455 e. The Hall–Kier alpha value is -1.57. The Bertz CT molecular complexity index is 947. The van der Waals surface area contributed by atoms with E-state index in [2.05, 4.69) is 40.7 Å². The molecule has 2 nitrogen and oxygen atoms in total. The monoisotopic (exact) mass is 490 g/mol. The molecule has 8 atom stereocenters. The molecule has 0 aliphatic heterocycles. The summed E-state index contributed by atoms with van der Waals surface area (Å²) in [4.78, 5) is 12.7. The van der Waals surface area contributed by atoms with E-state index in [0.717, 1.165) is 41.9 Å². The highest BCUT2D eigenvalue weighted by atomic mass is 16.5. The van der Waals surface area contributed by atoms with E-state index < -0.39 is 0 Å². The fourth-order valence-electron chi connectivity index (χ4n) is 9.59. The molecule has 198 valence electrons. The molecular weight excluding hydrogens is 440 g/mol. The van der Waals surface area contributed by atoms with E-state index in [9.17, 15) is 4.79 Å². The molecule has 2 heteroatoms. The third kappa shape index (κ3) is 4.71. The van der Waals surface area contributed by atoms with Crippen LogP contribution in [0.25, 0.3) is 0 Å². The molecular formula is C34H50O2. The molecule has 36 heavy (non-hydrogen) atoms. The summed E-state index contributed by atoms with van der Waals surface area (Å²) >= 11 is 0. The molecule has 0 amide bonds. The van der Waals surface area contributed by atoms with E-state index in [1.54, 1.807) is 5.57 Å². The Morgan fingerprint density at radius 3 is 2.47 bits per heavy atom. The van der Waals surface area contributed by atoms with Crippen molar-refractivity contribution in [2.45, 2.75) is 111 Å². The summed E-state index contributed by atoms with van der Waals surface area (Å²) in [6.07, 6.45) is 17.0. The van der Waals surface area contributed by atoms with E-state index in [0.29, 0.717) is 16.4 Å². The molecule has 0 bridgehead atoms. The van der Waals surface area contributed by atoms with Crippen LogP contribution in [0.15, 0.2) is 42.0 Å². The SMILES string of the molecule is CC(C)CCC[C@H](C)[C@@H]1CC[C@@H]2[C@H]3CCC4=C[C@@H](OC(=O)c5ccccc5)CC[C@]4(C)[C@@H]3CC[C@@]21C. The van der Waals surface area contributed by atoms with Crippen molar-refractivity contribution in [1.29, 1.82) is 0 Å². The van der Waals surface area contributed by atoms with E-state index in [-0.39, 0.29) is 12.1 Å². The van der Waals surface area contributed by atoms with Crippen LogP contribution in [0.3, 0.4) is 0 Å². The molecule has 1 aromatic carbocycles. The number of rotatable bonds is 7. The molecule has 0 heterocycles. The lowest BCUT2D eigenvalue weighted by Crippen LogP contribution is -2.51. The average Bonchev–Trinajstić information content (AvgIpc) is 3.22. The summed E-state index contributed by atoms with van der Waals surface area (Å²) in [6.45, 7) is 12.6. The van der Waals surface area contributed by atoms with Crippen LogP contribution in [-0.2, 0) is 4.74 Å². The third-order valence-corrected chi connectivity index (χ3v) is 11.5. The second-order valence-electron chi connectivity index (χ2n) is 13.9. The number of hydrogen-bond acceptors (Lipinski definition) is 2. The number of ether oxygens (including phenoxy) is 1. The van der Waals surface area contributed by atoms with E-state index in [1.165, 1.54) is 64.2 Å². The maximum Gasteiger partial charge on any atom is 0.338 e. The molecule has 3 saturated carbocycles. The third-order valence-electron chi connectivity index (χ3n) is 11.5.